The van der Waals surface area contributed by atoms with Crippen LogP contribution in [0, 0.1) is 0 Å². The van der Waals surface area contributed by atoms with Gasteiger partial charge in [-0.05, 0) is 49.0 Å². The number of rotatable bonds is 5. The summed E-state index contributed by atoms with van der Waals surface area (Å²) in [6.45, 7) is 4.54. The van der Waals surface area contributed by atoms with Crippen molar-refractivity contribution in [3.8, 4) is 0 Å². The van der Waals surface area contributed by atoms with Crippen LogP contribution in [0.1, 0.15) is 19.5 Å². The minimum Gasteiger partial charge on any atom is -0.353 e. The van der Waals surface area contributed by atoms with Gasteiger partial charge in [0.25, 0.3) is 5.56 Å². The monoisotopic (exact) mass is 366 g/mol. The van der Waals surface area contributed by atoms with Gasteiger partial charge in [0, 0.05) is 29.3 Å². The molecule has 6 nitrogen and oxygen atoms in total. The first-order chi connectivity index (χ1) is 10.3. The molecule has 1 amide bonds. The highest BCUT2D eigenvalue weighted by Crippen LogP contribution is 2.09. The zero-order valence-electron chi connectivity index (χ0n) is 12.8. The molecule has 0 saturated heterocycles. The van der Waals surface area contributed by atoms with Crippen molar-refractivity contribution in [2.75, 3.05) is 13.6 Å². The number of nitrogens with zero attached hydrogens (tertiary/aromatic N) is 3. The van der Waals surface area contributed by atoms with Gasteiger partial charge in [-0.3, -0.25) is 18.9 Å². The topological polar surface area (TPSA) is 66.7 Å². The lowest BCUT2D eigenvalue weighted by atomic mass is 10.3. The van der Waals surface area contributed by atoms with E-state index in [1.807, 2.05) is 31.9 Å². The van der Waals surface area contributed by atoms with Crippen LogP contribution in [0.2, 0.25) is 0 Å². The first-order valence-corrected chi connectivity index (χ1v) is 7.80. The molecule has 2 heterocycles. The van der Waals surface area contributed by atoms with E-state index in [4.69, 9.17) is 0 Å². The summed E-state index contributed by atoms with van der Waals surface area (Å²) < 4.78 is 2.30. The Bertz CT molecular complexity index is 742. The molecule has 0 atom stereocenters. The van der Waals surface area contributed by atoms with Crippen molar-refractivity contribution < 1.29 is 4.79 Å². The molecule has 0 aliphatic rings. The summed E-state index contributed by atoms with van der Waals surface area (Å²) >= 11 is 3.33. The standard InChI is InChI=1S/C15H19BrN4O2/c1-10(2)17-14(21)9-19(3)8-12-6-15(22)20-7-11(16)4-5-13(20)18-12/h4-7,10H,8-9H2,1-3H3,(H,17,21). The van der Waals surface area contributed by atoms with E-state index in [-0.39, 0.29) is 24.1 Å². The van der Waals surface area contributed by atoms with Crippen LogP contribution in [0.25, 0.3) is 5.65 Å². The molecular formula is C15H19BrN4O2. The summed E-state index contributed by atoms with van der Waals surface area (Å²) in [6, 6.07) is 5.23. The molecule has 7 heteroatoms. The largest absolute Gasteiger partial charge is 0.353 e. The average Bonchev–Trinajstić information content (AvgIpc) is 2.38. The summed E-state index contributed by atoms with van der Waals surface area (Å²) in [5, 5.41) is 2.83. The second-order valence-corrected chi connectivity index (χ2v) is 6.47. The van der Waals surface area contributed by atoms with Gasteiger partial charge >= 0.3 is 0 Å². The minimum atomic E-state index is -0.138. The van der Waals surface area contributed by atoms with Gasteiger partial charge in [0.2, 0.25) is 5.91 Å². The third-order valence-corrected chi connectivity index (χ3v) is 3.44. The van der Waals surface area contributed by atoms with E-state index >= 15 is 0 Å². The molecule has 0 unspecified atom stereocenters. The number of nitrogens with one attached hydrogen (secondary N) is 1. The fraction of sp³-hybridized carbons (Fsp3) is 0.400. The summed E-state index contributed by atoms with van der Waals surface area (Å²) in [6.07, 6.45) is 1.69. The minimum absolute atomic E-state index is 0.0426. The lowest BCUT2D eigenvalue weighted by Gasteiger charge is -2.17. The maximum Gasteiger partial charge on any atom is 0.258 e. The van der Waals surface area contributed by atoms with E-state index in [1.54, 1.807) is 12.3 Å². The zero-order chi connectivity index (χ0) is 16.3. The van der Waals surface area contributed by atoms with Crippen molar-refractivity contribution >= 4 is 27.5 Å². The highest BCUT2D eigenvalue weighted by molar-refractivity contribution is 9.10. The fourth-order valence-corrected chi connectivity index (χ4v) is 2.49. The molecule has 118 valence electrons. The maximum atomic E-state index is 12.1. The van der Waals surface area contributed by atoms with E-state index in [0.29, 0.717) is 17.9 Å². The third kappa shape index (κ3) is 4.38. The normalized spacial score (nSPS) is 11.4. The molecule has 0 bridgehead atoms. The van der Waals surface area contributed by atoms with Crippen molar-refractivity contribution in [1.82, 2.24) is 19.6 Å². The second kappa shape index (κ2) is 7.02. The second-order valence-electron chi connectivity index (χ2n) is 5.56. The third-order valence-electron chi connectivity index (χ3n) is 2.97. The number of likely N-dealkylation sites (N-methyl/N-ethyl adjacent to an activating group) is 1. The smallest absolute Gasteiger partial charge is 0.258 e. The van der Waals surface area contributed by atoms with Crippen molar-refractivity contribution in [1.29, 1.82) is 0 Å². The summed E-state index contributed by atoms with van der Waals surface area (Å²) in [5.74, 6) is -0.0426. The lowest BCUT2D eigenvalue weighted by molar-refractivity contribution is -0.122. The number of carbonyl (C=O) groups excluding carboxylic acids is 1. The lowest BCUT2D eigenvalue weighted by Crippen LogP contribution is -2.38. The summed E-state index contributed by atoms with van der Waals surface area (Å²) in [5.41, 5.74) is 1.10. The van der Waals surface area contributed by atoms with Gasteiger partial charge in [-0.2, -0.15) is 0 Å². The Morgan fingerprint density at radius 2 is 2.18 bits per heavy atom. The molecule has 2 rings (SSSR count). The number of fused-ring (bicyclic) bond motifs is 1. The number of hydrogen-bond acceptors (Lipinski definition) is 4. The molecule has 0 aliphatic carbocycles. The van der Waals surface area contributed by atoms with Crippen LogP contribution in [-0.2, 0) is 11.3 Å². The van der Waals surface area contributed by atoms with Crippen molar-refractivity contribution in [2.24, 2.45) is 0 Å². The van der Waals surface area contributed by atoms with Gasteiger partial charge in [-0.25, -0.2) is 4.98 Å². The van der Waals surface area contributed by atoms with Crippen LogP contribution < -0.4 is 10.9 Å². The number of aromatic nitrogens is 2. The van der Waals surface area contributed by atoms with Crippen LogP contribution >= 0.6 is 15.9 Å². The van der Waals surface area contributed by atoms with Crippen molar-refractivity contribution in [2.45, 2.75) is 26.4 Å². The van der Waals surface area contributed by atoms with E-state index in [1.165, 1.54) is 10.5 Å². The Balaban J connectivity index is 2.13. The van der Waals surface area contributed by atoms with Gasteiger partial charge in [0.05, 0.1) is 12.2 Å². The van der Waals surface area contributed by atoms with Crippen molar-refractivity contribution in [3.63, 3.8) is 0 Å². The van der Waals surface area contributed by atoms with E-state index < -0.39 is 0 Å². The fourth-order valence-electron chi connectivity index (χ4n) is 2.15. The van der Waals surface area contributed by atoms with Crippen molar-refractivity contribution in [3.05, 3.63) is 44.9 Å². The SMILES string of the molecule is CC(C)NC(=O)CN(C)Cc1cc(=O)n2cc(Br)ccc2n1. The molecule has 2 aromatic heterocycles. The summed E-state index contributed by atoms with van der Waals surface area (Å²) in [7, 11) is 1.82. The highest BCUT2D eigenvalue weighted by atomic mass is 79.9. The number of pyridine rings is 1. The Kier molecular flexibility index (Phi) is 5.31. The summed E-state index contributed by atoms with van der Waals surface area (Å²) in [4.78, 5) is 30.1. The van der Waals surface area contributed by atoms with Gasteiger partial charge in [0.15, 0.2) is 0 Å². The van der Waals surface area contributed by atoms with Gasteiger partial charge in [-0.1, -0.05) is 0 Å². The Morgan fingerprint density at radius 3 is 2.86 bits per heavy atom. The zero-order valence-corrected chi connectivity index (χ0v) is 14.4. The number of halogens is 1. The van der Waals surface area contributed by atoms with E-state index in [0.717, 1.165) is 4.47 Å². The van der Waals surface area contributed by atoms with Crippen LogP contribution in [0.5, 0.6) is 0 Å². The molecule has 0 fully saturated rings. The molecule has 0 spiro atoms. The Hall–Kier alpha value is -1.73. The van der Waals surface area contributed by atoms with Crippen LogP contribution in [0.3, 0.4) is 0 Å². The number of hydrogen-bond donors (Lipinski definition) is 1. The Labute approximate surface area is 137 Å². The highest BCUT2D eigenvalue weighted by Gasteiger charge is 2.10. The molecule has 2 aromatic rings. The predicted molar refractivity (Wildman–Crippen MR) is 88.8 cm³/mol. The Morgan fingerprint density at radius 1 is 1.45 bits per heavy atom. The number of carbonyl (C=O) groups is 1. The van der Waals surface area contributed by atoms with Gasteiger partial charge < -0.3 is 5.32 Å². The number of amides is 1. The molecule has 0 radical (unpaired) electrons. The van der Waals surface area contributed by atoms with Crippen LogP contribution in [0.15, 0.2) is 33.7 Å². The first kappa shape index (κ1) is 16.6. The predicted octanol–water partition coefficient (Wildman–Crippen LogP) is 1.41. The average molecular weight is 367 g/mol. The van der Waals surface area contributed by atoms with Gasteiger partial charge in [0.1, 0.15) is 5.65 Å². The molecule has 1 N–H and O–H groups in total. The van der Waals surface area contributed by atoms with E-state index in [2.05, 4.69) is 26.2 Å². The molecule has 22 heavy (non-hydrogen) atoms. The molecule has 0 aromatic carbocycles. The quantitative estimate of drug-likeness (QED) is 0.868. The van der Waals surface area contributed by atoms with E-state index in [9.17, 15) is 9.59 Å². The van der Waals surface area contributed by atoms with Crippen LogP contribution in [0.4, 0.5) is 0 Å². The molecular weight excluding hydrogens is 348 g/mol. The van der Waals surface area contributed by atoms with Crippen LogP contribution in [-0.4, -0.2) is 39.8 Å². The van der Waals surface area contributed by atoms with Gasteiger partial charge in [-0.15, -0.1) is 0 Å². The maximum absolute atomic E-state index is 12.1. The first-order valence-electron chi connectivity index (χ1n) is 7.01. The molecule has 0 saturated carbocycles. The molecule has 0 aliphatic heterocycles.